The van der Waals surface area contributed by atoms with Crippen molar-refractivity contribution in [2.75, 3.05) is 18.8 Å². The normalized spacial score (nSPS) is 24.3. The van der Waals surface area contributed by atoms with Gasteiger partial charge in [-0.25, -0.2) is 9.48 Å². The molecule has 3 heterocycles. The molecule has 2 atom stereocenters. The van der Waals surface area contributed by atoms with Gasteiger partial charge in [-0.1, -0.05) is 13.0 Å². The summed E-state index contributed by atoms with van der Waals surface area (Å²) < 4.78 is 3.17. The highest BCUT2D eigenvalue weighted by atomic mass is 32.2. The molecule has 108 valence electrons. The second kappa shape index (κ2) is 5.61. The fourth-order valence-electron chi connectivity index (χ4n) is 2.65. The number of aromatic nitrogens is 3. The van der Waals surface area contributed by atoms with Gasteiger partial charge in [-0.05, 0) is 19.1 Å². The number of thioether (sulfide) groups is 1. The van der Waals surface area contributed by atoms with Gasteiger partial charge in [0.15, 0.2) is 5.65 Å². The minimum Gasteiger partial charge on any atom is -0.297 e. The zero-order chi connectivity index (χ0) is 14.1. The monoisotopic (exact) mass is 292 g/mol. The Morgan fingerprint density at radius 1 is 1.35 bits per heavy atom. The van der Waals surface area contributed by atoms with E-state index >= 15 is 0 Å². The van der Waals surface area contributed by atoms with Crippen LogP contribution in [0, 0.1) is 0 Å². The van der Waals surface area contributed by atoms with Crippen molar-refractivity contribution in [1.29, 1.82) is 0 Å². The van der Waals surface area contributed by atoms with Crippen molar-refractivity contribution >= 4 is 17.4 Å². The van der Waals surface area contributed by atoms with Gasteiger partial charge in [0.2, 0.25) is 0 Å². The molecule has 3 rings (SSSR count). The fraction of sp³-hybridized carbons (Fsp3) is 0.571. The number of rotatable bonds is 3. The first-order valence-corrected chi connectivity index (χ1v) is 8.11. The molecule has 1 saturated heterocycles. The summed E-state index contributed by atoms with van der Waals surface area (Å²) in [5.74, 6) is 1.17. The topological polar surface area (TPSA) is 42.5 Å². The van der Waals surface area contributed by atoms with Crippen molar-refractivity contribution in [2.45, 2.75) is 31.7 Å². The minimum atomic E-state index is -0.0484. The lowest BCUT2D eigenvalue weighted by molar-refractivity contribution is 0.201. The Morgan fingerprint density at radius 3 is 3.00 bits per heavy atom. The highest BCUT2D eigenvalue weighted by Crippen LogP contribution is 2.23. The van der Waals surface area contributed by atoms with Crippen LogP contribution in [-0.4, -0.2) is 49.2 Å². The first-order valence-electron chi connectivity index (χ1n) is 7.06. The van der Waals surface area contributed by atoms with E-state index in [0.29, 0.717) is 23.5 Å². The molecule has 1 aliphatic heterocycles. The molecular weight excluding hydrogens is 272 g/mol. The third kappa shape index (κ3) is 2.50. The first kappa shape index (κ1) is 13.7. The number of fused-ring (bicyclic) bond motifs is 1. The zero-order valence-electron chi connectivity index (χ0n) is 11.9. The van der Waals surface area contributed by atoms with Crippen molar-refractivity contribution in [2.24, 2.45) is 0 Å². The Hall–Kier alpha value is -1.27. The molecular formula is C14H20N4OS. The maximum absolute atomic E-state index is 12.2. The van der Waals surface area contributed by atoms with Gasteiger partial charge in [-0.15, -0.1) is 5.10 Å². The third-order valence-electron chi connectivity index (χ3n) is 4.10. The predicted octanol–water partition coefficient (Wildman–Crippen LogP) is 1.32. The number of nitrogens with zero attached hydrogens (tertiary/aromatic N) is 4. The molecule has 6 heteroatoms. The Kier molecular flexibility index (Phi) is 3.85. The zero-order valence-corrected chi connectivity index (χ0v) is 12.7. The van der Waals surface area contributed by atoms with Crippen LogP contribution in [0.2, 0.25) is 0 Å². The minimum absolute atomic E-state index is 0.0484. The third-order valence-corrected chi connectivity index (χ3v) is 5.44. The van der Waals surface area contributed by atoms with Gasteiger partial charge in [0.1, 0.15) is 0 Å². The molecule has 2 aromatic heterocycles. The van der Waals surface area contributed by atoms with Crippen LogP contribution in [0.25, 0.3) is 5.65 Å². The molecule has 0 radical (unpaired) electrons. The maximum atomic E-state index is 12.2. The van der Waals surface area contributed by atoms with Crippen molar-refractivity contribution in [3.05, 3.63) is 34.9 Å². The van der Waals surface area contributed by atoms with Crippen molar-refractivity contribution < 1.29 is 0 Å². The smallest absolute Gasteiger partial charge is 0.297 e. The van der Waals surface area contributed by atoms with E-state index in [9.17, 15) is 4.79 Å². The highest BCUT2D eigenvalue weighted by molar-refractivity contribution is 8.00. The van der Waals surface area contributed by atoms with Gasteiger partial charge in [0.25, 0.3) is 0 Å². The van der Waals surface area contributed by atoms with Gasteiger partial charge in [0, 0.05) is 36.3 Å². The molecule has 0 unspecified atom stereocenters. The Bertz CT molecular complexity index is 650. The summed E-state index contributed by atoms with van der Waals surface area (Å²) >= 11 is 2.03. The van der Waals surface area contributed by atoms with E-state index in [1.807, 2.05) is 30.0 Å². The molecule has 0 aromatic carbocycles. The van der Waals surface area contributed by atoms with Crippen LogP contribution in [0.15, 0.2) is 29.2 Å². The lowest BCUT2D eigenvalue weighted by Gasteiger charge is -2.37. The summed E-state index contributed by atoms with van der Waals surface area (Å²) in [6.45, 7) is 7.18. The van der Waals surface area contributed by atoms with Gasteiger partial charge < -0.3 is 0 Å². The van der Waals surface area contributed by atoms with Gasteiger partial charge in [-0.3, -0.25) is 9.30 Å². The summed E-state index contributed by atoms with van der Waals surface area (Å²) in [7, 11) is 0. The molecule has 20 heavy (non-hydrogen) atoms. The lowest BCUT2D eigenvalue weighted by Crippen LogP contribution is -2.46. The van der Waals surface area contributed by atoms with Crippen LogP contribution < -0.4 is 5.69 Å². The SMILES string of the molecule is C[C@@H]1SCCN(CCn2nc3ccccn3c2=O)[C@H]1C. The van der Waals surface area contributed by atoms with Gasteiger partial charge >= 0.3 is 5.69 Å². The van der Waals surface area contributed by atoms with Crippen LogP contribution >= 0.6 is 11.8 Å². The van der Waals surface area contributed by atoms with E-state index in [4.69, 9.17) is 0 Å². The van der Waals surface area contributed by atoms with Gasteiger partial charge in [0.05, 0.1) is 6.54 Å². The summed E-state index contributed by atoms with van der Waals surface area (Å²) in [6, 6.07) is 6.17. The molecule has 0 N–H and O–H groups in total. The van der Waals surface area contributed by atoms with E-state index in [0.717, 1.165) is 13.1 Å². The summed E-state index contributed by atoms with van der Waals surface area (Å²) in [4.78, 5) is 14.6. The summed E-state index contributed by atoms with van der Waals surface area (Å²) in [5.41, 5.74) is 0.667. The highest BCUT2D eigenvalue weighted by Gasteiger charge is 2.24. The molecule has 0 bridgehead atoms. The number of pyridine rings is 1. The van der Waals surface area contributed by atoms with Crippen molar-refractivity contribution in [3.8, 4) is 0 Å². The molecule has 0 spiro atoms. The Morgan fingerprint density at radius 2 is 2.20 bits per heavy atom. The summed E-state index contributed by atoms with van der Waals surface area (Å²) in [6.07, 6.45) is 1.77. The van der Waals surface area contributed by atoms with Crippen molar-refractivity contribution in [1.82, 2.24) is 19.1 Å². The number of hydrogen-bond donors (Lipinski definition) is 0. The van der Waals surface area contributed by atoms with Crippen LogP contribution in [0.1, 0.15) is 13.8 Å². The molecule has 1 fully saturated rings. The second-order valence-corrected chi connectivity index (χ2v) is 6.77. The largest absolute Gasteiger partial charge is 0.350 e. The molecule has 0 amide bonds. The predicted molar refractivity (Wildman–Crippen MR) is 82.4 cm³/mol. The van der Waals surface area contributed by atoms with E-state index in [1.54, 1.807) is 15.3 Å². The summed E-state index contributed by atoms with van der Waals surface area (Å²) in [5, 5.41) is 5.03. The van der Waals surface area contributed by atoms with Crippen molar-refractivity contribution in [3.63, 3.8) is 0 Å². The molecule has 2 aromatic rings. The lowest BCUT2D eigenvalue weighted by atomic mass is 10.2. The average Bonchev–Trinajstić information content (AvgIpc) is 2.78. The standard InChI is InChI=1S/C14H20N4OS/c1-11-12(2)20-10-9-16(11)7-8-18-14(19)17-6-4-3-5-13(17)15-18/h3-6,11-12H,7-10H2,1-2H3/t11-,12-/m0/s1. The average molecular weight is 292 g/mol. The molecule has 5 nitrogen and oxygen atoms in total. The molecule has 0 saturated carbocycles. The number of hydrogen-bond acceptors (Lipinski definition) is 4. The van der Waals surface area contributed by atoms with Gasteiger partial charge in [-0.2, -0.15) is 11.8 Å². The van der Waals surface area contributed by atoms with E-state index < -0.39 is 0 Å². The first-order chi connectivity index (χ1) is 9.66. The Labute approximate surface area is 122 Å². The quantitative estimate of drug-likeness (QED) is 0.856. The second-order valence-electron chi connectivity index (χ2n) is 5.29. The van der Waals surface area contributed by atoms with Crippen LogP contribution in [-0.2, 0) is 6.54 Å². The van der Waals surface area contributed by atoms with E-state index in [-0.39, 0.29) is 5.69 Å². The van der Waals surface area contributed by atoms with E-state index in [1.165, 1.54) is 5.75 Å². The Balaban J connectivity index is 1.74. The maximum Gasteiger partial charge on any atom is 0.350 e. The van der Waals surface area contributed by atoms with Crippen LogP contribution in [0.4, 0.5) is 0 Å². The fourth-order valence-corrected chi connectivity index (χ4v) is 3.81. The van der Waals surface area contributed by atoms with E-state index in [2.05, 4.69) is 23.8 Å². The van der Waals surface area contributed by atoms with Crippen LogP contribution in [0.5, 0.6) is 0 Å². The molecule has 0 aliphatic carbocycles. The molecule has 1 aliphatic rings. The van der Waals surface area contributed by atoms with Crippen LogP contribution in [0.3, 0.4) is 0 Å².